The van der Waals surface area contributed by atoms with Gasteiger partial charge >= 0.3 is 0 Å². The third kappa shape index (κ3) is 3.67. The topological polar surface area (TPSA) is 38.7 Å². The molecule has 2 rings (SSSR count). The number of hydrogen-bond donors (Lipinski definition) is 1. The highest BCUT2D eigenvalue weighted by atomic mass is 16.7. The predicted octanol–water partition coefficient (Wildman–Crippen LogP) is 3.00. The Morgan fingerprint density at radius 1 is 1.12 bits per heavy atom. The van der Waals surface area contributed by atoms with Crippen LogP contribution < -0.4 is 0 Å². The third-order valence-corrected chi connectivity index (χ3v) is 4.00. The minimum absolute atomic E-state index is 0.237. The summed E-state index contributed by atoms with van der Waals surface area (Å²) in [6.45, 7) is 2.46. The summed E-state index contributed by atoms with van der Waals surface area (Å²) in [5.74, 6) is -0.237. The van der Waals surface area contributed by atoms with E-state index >= 15 is 0 Å². The molecule has 2 heterocycles. The Hall–Kier alpha value is -0.120. The fourth-order valence-electron chi connectivity index (χ4n) is 3.06. The van der Waals surface area contributed by atoms with Gasteiger partial charge in [0.25, 0.3) is 0 Å². The Morgan fingerprint density at radius 2 is 2.00 bits per heavy atom. The molecule has 0 amide bonds. The lowest BCUT2D eigenvalue weighted by Crippen LogP contribution is -2.40. The van der Waals surface area contributed by atoms with Crippen LogP contribution >= 0.6 is 0 Å². The van der Waals surface area contributed by atoms with Gasteiger partial charge in [0, 0.05) is 19.4 Å². The van der Waals surface area contributed by atoms with E-state index in [-0.39, 0.29) is 5.79 Å². The Balaban J connectivity index is 1.73. The summed E-state index contributed by atoms with van der Waals surface area (Å²) in [7, 11) is 0. The Bertz CT molecular complexity index is 228. The first-order chi connectivity index (χ1) is 8.24. The fraction of sp³-hybridized carbons (Fsp3) is 1.00. The van der Waals surface area contributed by atoms with Crippen LogP contribution in [0.15, 0.2) is 0 Å². The maximum Gasteiger partial charge on any atom is 0.169 e. The quantitative estimate of drug-likeness (QED) is 0.753. The van der Waals surface area contributed by atoms with Crippen molar-refractivity contribution in [1.29, 1.82) is 0 Å². The van der Waals surface area contributed by atoms with Gasteiger partial charge in [-0.05, 0) is 39.0 Å². The minimum Gasteiger partial charge on any atom is -0.396 e. The van der Waals surface area contributed by atoms with E-state index in [0.29, 0.717) is 18.8 Å². The summed E-state index contributed by atoms with van der Waals surface area (Å²) in [5.41, 5.74) is 0. The van der Waals surface area contributed by atoms with Gasteiger partial charge in [0.1, 0.15) is 0 Å². The smallest absolute Gasteiger partial charge is 0.169 e. The number of hydrogen-bond acceptors (Lipinski definition) is 3. The monoisotopic (exact) mass is 242 g/mol. The normalized spacial score (nSPS) is 37.8. The Labute approximate surface area is 104 Å². The maximum absolute atomic E-state index is 8.75. The zero-order valence-electron chi connectivity index (χ0n) is 11.0. The van der Waals surface area contributed by atoms with Gasteiger partial charge in [-0.15, -0.1) is 0 Å². The lowest BCUT2D eigenvalue weighted by atomic mass is 9.96. The van der Waals surface area contributed by atoms with E-state index in [0.717, 1.165) is 44.9 Å². The van der Waals surface area contributed by atoms with E-state index in [9.17, 15) is 0 Å². The summed E-state index contributed by atoms with van der Waals surface area (Å²) in [4.78, 5) is 0. The molecule has 2 aliphatic heterocycles. The molecule has 100 valence electrons. The second kappa shape index (κ2) is 6.17. The van der Waals surface area contributed by atoms with Crippen molar-refractivity contribution in [2.24, 2.45) is 0 Å². The standard InChI is InChI=1S/C14H26O3/c1-12-8-10-14(16-12)9-5-7-13(17-14)6-3-2-4-11-15/h12-13,15H,2-11H2,1H3/t12-,13-,14-/m1/s1. The molecule has 2 aliphatic rings. The molecule has 2 fully saturated rings. The first-order valence-corrected chi connectivity index (χ1v) is 7.21. The summed E-state index contributed by atoms with van der Waals surface area (Å²) in [6, 6.07) is 0. The van der Waals surface area contributed by atoms with Crippen molar-refractivity contribution in [2.75, 3.05) is 6.61 Å². The molecule has 0 aromatic rings. The first kappa shape index (κ1) is 13.3. The van der Waals surface area contributed by atoms with E-state index in [4.69, 9.17) is 14.6 Å². The number of unbranched alkanes of at least 4 members (excludes halogenated alkanes) is 2. The number of aliphatic hydroxyl groups is 1. The highest BCUT2D eigenvalue weighted by molar-refractivity contribution is 4.84. The number of ether oxygens (including phenoxy) is 2. The van der Waals surface area contributed by atoms with Crippen LogP contribution in [0.3, 0.4) is 0 Å². The van der Waals surface area contributed by atoms with Gasteiger partial charge in [0.15, 0.2) is 5.79 Å². The molecule has 3 heteroatoms. The van der Waals surface area contributed by atoms with Crippen molar-refractivity contribution in [2.45, 2.75) is 82.7 Å². The molecule has 0 aromatic carbocycles. The van der Waals surface area contributed by atoms with Gasteiger partial charge in [0.2, 0.25) is 0 Å². The number of rotatable bonds is 5. The second-order valence-corrected chi connectivity index (χ2v) is 5.58. The zero-order chi connectivity index (χ0) is 12.1. The van der Waals surface area contributed by atoms with Crippen LogP contribution in [-0.2, 0) is 9.47 Å². The third-order valence-electron chi connectivity index (χ3n) is 4.00. The van der Waals surface area contributed by atoms with Crippen molar-refractivity contribution in [3.05, 3.63) is 0 Å². The molecular weight excluding hydrogens is 216 g/mol. The molecule has 17 heavy (non-hydrogen) atoms. The van der Waals surface area contributed by atoms with Gasteiger partial charge in [-0.3, -0.25) is 0 Å². The van der Waals surface area contributed by atoms with Gasteiger partial charge < -0.3 is 14.6 Å². The molecular formula is C14H26O3. The SMILES string of the molecule is C[C@@H]1CC[C@]2(CCC[C@@H](CCCCCO)O2)O1. The average molecular weight is 242 g/mol. The second-order valence-electron chi connectivity index (χ2n) is 5.58. The van der Waals surface area contributed by atoms with Crippen molar-refractivity contribution in [1.82, 2.24) is 0 Å². The van der Waals surface area contributed by atoms with Gasteiger partial charge in [-0.2, -0.15) is 0 Å². The van der Waals surface area contributed by atoms with E-state index in [1.165, 1.54) is 12.8 Å². The molecule has 0 aliphatic carbocycles. The lowest BCUT2D eigenvalue weighted by molar-refractivity contribution is -0.269. The molecule has 3 nitrogen and oxygen atoms in total. The van der Waals surface area contributed by atoms with E-state index in [2.05, 4.69) is 6.92 Å². The average Bonchev–Trinajstić information content (AvgIpc) is 2.66. The summed E-state index contributed by atoms with van der Waals surface area (Å²) >= 11 is 0. The lowest BCUT2D eigenvalue weighted by Gasteiger charge is -2.38. The fourth-order valence-corrected chi connectivity index (χ4v) is 3.06. The molecule has 3 atom stereocenters. The van der Waals surface area contributed by atoms with Crippen LogP contribution in [0.1, 0.15) is 64.7 Å². The van der Waals surface area contributed by atoms with E-state index in [1.807, 2.05) is 0 Å². The Kier molecular flexibility index (Phi) is 4.83. The zero-order valence-corrected chi connectivity index (χ0v) is 11.0. The van der Waals surface area contributed by atoms with Crippen LogP contribution in [0, 0.1) is 0 Å². The molecule has 2 saturated heterocycles. The van der Waals surface area contributed by atoms with Gasteiger partial charge in [0.05, 0.1) is 12.2 Å². The number of aliphatic hydroxyl groups excluding tert-OH is 1. The molecule has 0 unspecified atom stereocenters. The molecule has 0 saturated carbocycles. The summed E-state index contributed by atoms with van der Waals surface area (Å²) in [5, 5.41) is 8.75. The summed E-state index contributed by atoms with van der Waals surface area (Å²) in [6.07, 6.45) is 10.8. The van der Waals surface area contributed by atoms with Crippen molar-refractivity contribution < 1.29 is 14.6 Å². The van der Waals surface area contributed by atoms with Crippen LogP contribution in [0.25, 0.3) is 0 Å². The van der Waals surface area contributed by atoms with E-state index < -0.39 is 0 Å². The minimum atomic E-state index is -0.237. The van der Waals surface area contributed by atoms with Crippen molar-refractivity contribution in [3.63, 3.8) is 0 Å². The Morgan fingerprint density at radius 3 is 2.71 bits per heavy atom. The van der Waals surface area contributed by atoms with Gasteiger partial charge in [-0.1, -0.05) is 12.8 Å². The van der Waals surface area contributed by atoms with Crippen molar-refractivity contribution in [3.8, 4) is 0 Å². The summed E-state index contributed by atoms with van der Waals surface area (Å²) < 4.78 is 12.2. The predicted molar refractivity (Wildman–Crippen MR) is 66.8 cm³/mol. The molecule has 1 spiro atoms. The molecule has 1 N–H and O–H groups in total. The van der Waals surface area contributed by atoms with Crippen LogP contribution in [0.4, 0.5) is 0 Å². The maximum atomic E-state index is 8.75. The van der Waals surface area contributed by atoms with E-state index in [1.54, 1.807) is 0 Å². The van der Waals surface area contributed by atoms with Crippen LogP contribution in [0.2, 0.25) is 0 Å². The van der Waals surface area contributed by atoms with Crippen LogP contribution in [0.5, 0.6) is 0 Å². The largest absolute Gasteiger partial charge is 0.396 e. The van der Waals surface area contributed by atoms with Crippen LogP contribution in [-0.4, -0.2) is 29.7 Å². The van der Waals surface area contributed by atoms with Gasteiger partial charge in [-0.25, -0.2) is 0 Å². The highest BCUT2D eigenvalue weighted by Crippen LogP contribution is 2.41. The highest BCUT2D eigenvalue weighted by Gasteiger charge is 2.43. The molecule has 0 bridgehead atoms. The first-order valence-electron chi connectivity index (χ1n) is 7.21. The molecule has 0 aromatic heterocycles. The van der Waals surface area contributed by atoms with Crippen molar-refractivity contribution >= 4 is 0 Å². The molecule has 0 radical (unpaired) electrons.